The van der Waals surface area contributed by atoms with Gasteiger partial charge in [0.25, 0.3) is 5.91 Å². The van der Waals surface area contributed by atoms with Crippen LogP contribution in [0.2, 0.25) is 5.02 Å². The molecule has 7 heteroatoms. The van der Waals surface area contributed by atoms with Crippen molar-refractivity contribution in [2.75, 3.05) is 24.9 Å². The summed E-state index contributed by atoms with van der Waals surface area (Å²) in [5, 5.41) is 6.47. The van der Waals surface area contributed by atoms with Crippen LogP contribution < -0.4 is 20.1 Å². The minimum atomic E-state index is -0.280. The van der Waals surface area contributed by atoms with Gasteiger partial charge in [-0.1, -0.05) is 18.5 Å². The van der Waals surface area contributed by atoms with Gasteiger partial charge in [0.05, 0.1) is 24.9 Å². The van der Waals surface area contributed by atoms with Gasteiger partial charge in [-0.05, 0) is 25.5 Å². The summed E-state index contributed by atoms with van der Waals surface area (Å²) in [6, 6.07) is 6.85. The Morgan fingerprint density at radius 2 is 1.96 bits per heavy atom. The maximum atomic E-state index is 12.6. The van der Waals surface area contributed by atoms with Crippen molar-refractivity contribution in [2.45, 2.75) is 26.3 Å². The van der Waals surface area contributed by atoms with E-state index < -0.39 is 0 Å². The summed E-state index contributed by atoms with van der Waals surface area (Å²) < 4.78 is 10.5. The van der Waals surface area contributed by atoms with E-state index in [1.807, 2.05) is 0 Å². The number of nitrogens with one attached hydrogen (secondary N) is 2. The van der Waals surface area contributed by atoms with Gasteiger partial charge in [0.2, 0.25) is 0 Å². The van der Waals surface area contributed by atoms with Gasteiger partial charge >= 0.3 is 0 Å². The topological polar surface area (TPSA) is 72.5 Å². The van der Waals surface area contributed by atoms with Crippen LogP contribution in [-0.2, 0) is 0 Å². The maximum Gasteiger partial charge on any atom is 0.255 e. The van der Waals surface area contributed by atoms with Crippen molar-refractivity contribution in [1.29, 1.82) is 0 Å². The second-order valence-electron chi connectivity index (χ2n) is 5.52. The molecule has 0 saturated carbocycles. The van der Waals surface area contributed by atoms with Crippen LogP contribution in [0.1, 0.15) is 30.6 Å². The van der Waals surface area contributed by atoms with Crippen LogP contribution in [0.3, 0.4) is 0 Å². The molecule has 0 aliphatic heterocycles. The molecule has 1 amide bonds. The van der Waals surface area contributed by atoms with Crippen LogP contribution in [0.5, 0.6) is 11.5 Å². The molecule has 1 aromatic heterocycles. The third kappa shape index (κ3) is 4.76. The first-order chi connectivity index (χ1) is 12.0. The molecular formula is C18H22ClN3O3. The molecule has 25 heavy (non-hydrogen) atoms. The number of aromatic nitrogens is 1. The predicted octanol–water partition coefficient (Wildman–Crippen LogP) is 4.21. The molecule has 0 radical (unpaired) electrons. The van der Waals surface area contributed by atoms with Gasteiger partial charge in [-0.15, -0.1) is 0 Å². The number of ether oxygens (including phenoxy) is 2. The normalized spacial score (nSPS) is 11.6. The number of nitrogens with zero attached hydrogens (tertiary/aromatic N) is 1. The van der Waals surface area contributed by atoms with Gasteiger partial charge in [0.1, 0.15) is 17.3 Å². The highest BCUT2D eigenvalue weighted by atomic mass is 35.5. The summed E-state index contributed by atoms with van der Waals surface area (Å²) >= 11 is 6.08. The van der Waals surface area contributed by atoms with Crippen molar-refractivity contribution in [1.82, 2.24) is 4.98 Å². The molecule has 1 atom stereocenters. The van der Waals surface area contributed by atoms with Gasteiger partial charge in [-0.2, -0.15) is 0 Å². The van der Waals surface area contributed by atoms with E-state index >= 15 is 0 Å². The monoisotopic (exact) mass is 363 g/mol. The van der Waals surface area contributed by atoms with E-state index in [4.69, 9.17) is 21.1 Å². The molecule has 0 aliphatic rings. The zero-order valence-electron chi connectivity index (χ0n) is 14.7. The molecule has 6 nitrogen and oxygen atoms in total. The van der Waals surface area contributed by atoms with Gasteiger partial charge in [-0.3, -0.25) is 4.79 Å². The Kier molecular flexibility index (Phi) is 6.47. The van der Waals surface area contributed by atoms with E-state index in [-0.39, 0.29) is 11.9 Å². The van der Waals surface area contributed by atoms with Crippen molar-refractivity contribution in [2.24, 2.45) is 0 Å². The Morgan fingerprint density at radius 3 is 2.60 bits per heavy atom. The highest BCUT2D eigenvalue weighted by Crippen LogP contribution is 2.36. The Hall–Kier alpha value is -2.47. The zero-order chi connectivity index (χ0) is 18.4. The number of methoxy groups -OCH3 is 2. The van der Waals surface area contributed by atoms with Gasteiger partial charge in [-0.25, -0.2) is 4.98 Å². The number of carbonyl (C=O) groups is 1. The molecule has 0 bridgehead atoms. The SMILES string of the molecule is CCC(C)Nc1cc(C(=O)Nc2cc(OC)c(Cl)cc2OC)ccn1. The van der Waals surface area contributed by atoms with Crippen LogP contribution in [0.4, 0.5) is 11.5 Å². The average Bonchev–Trinajstić information content (AvgIpc) is 2.62. The predicted molar refractivity (Wildman–Crippen MR) is 100 cm³/mol. The maximum absolute atomic E-state index is 12.6. The number of hydrogen-bond donors (Lipinski definition) is 2. The first-order valence-electron chi connectivity index (χ1n) is 7.94. The van der Waals surface area contributed by atoms with E-state index in [0.29, 0.717) is 33.6 Å². The fourth-order valence-electron chi connectivity index (χ4n) is 2.16. The van der Waals surface area contributed by atoms with E-state index in [2.05, 4.69) is 29.5 Å². The van der Waals surface area contributed by atoms with Crippen LogP contribution in [-0.4, -0.2) is 31.2 Å². The summed E-state index contributed by atoms with van der Waals surface area (Å²) in [5.41, 5.74) is 0.957. The molecule has 134 valence electrons. The van der Waals surface area contributed by atoms with Crippen molar-refractivity contribution < 1.29 is 14.3 Å². The molecule has 2 aromatic rings. The molecule has 0 saturated heterocycles. The lowest BCUT2D eigenvalue weighted by molar-refractivity contribution is 0.102. The molecule has 2 N–H and O–H groups in total. The van der Waals surface area contributed by atoms with Crippen molar-refractivity contribution in [3.63, 3.8) is 0 Å². The lowest BCUT2D eigenvalue weighted by Crippen LogP contribution is -2.16. The Bertz CT molecular complexity index is 752. The number of benzene rings is 1. The number of halogens is 1. The zero-order valence-corrected chi connectivity index (χ0v) is 15.5. The lowest BCUT2D eigenvalue weighted by Gasteiger charge is -2.14. The first-order valence-corrected chi connectivity index (χ1v) is 8.31. The van der Waals surface area contributed by atoms with Crippen molar-refractivity contribution >= 4 is 29.0 Å². The summed E-state index contributed by atoms with van der Waals surface area (Å²) in [6.45, 7) is 4.13. The minimum Gasteiger partial charge on any atom is -0.495 e. The molecule has 1 unspecified atom stereocenters. The smallest absolute Gasteiger partial charge is 0.255 e. The number of pyridine rings is 1. The second-order valence-corrected chi connectivity index (χ2v) is 5.93. The fraction of sp³-hybridized carbons (Fsp3) is 0.333. The van der Waals surface area contributed by atoms with Crippen LogP contribution in [0.25, 0.3) is 0 Å². The Morgan fingerprint density at radius 1 is 1.24 bits per heavy atom. The van der Waals surface area contributed by atoms with Crippen molar-refractivity contribution in [3.05, 3.63) is 41.0 Å². The first kappa shape index (κ1) is 18.9. The number of carbonyl (C=O) groups excluding carboxylic acids is 1. The third-order valence-electron chi connectivity index (χ3n) is 3.75. The van der Waals surface area contributed by atoms with E-state index in [9.17, 15) is 4.79 Å². The number of hydrogen-bond acceptors (Lipinski definition) is 5. The Balaban J connectivity index is 2.23. The summed E-state index contributed by atoms with van der Waals surface area (Å²) in [5.74, 6) is 1.28. The highest BCUT2D eigenvalue weighted by Gasteiger charge is 2.14. The average molecular weight is 364 g/mol. The summed E-state index contributed by atoms with van der Waals surface area (Å²) in [7, 11) is 3.02. The summed E-state index contributed by atoms with van der Waals surface area (Å²) in [4.78, 5) is 16.8. The molecule has 2 rings (SSSR count). The van der Waals surface area contributed by atoms with E-state index in [0.717, 1.165) is 6.42 Å². The number of anilines is 2. The number of amides is 1. The number of rotatable bonds is 7. The third-order valence-corrected chi connectivity index (χ3v) is 4.05. The van der Waals surface area contributed by atoms with Gasteiger partial charge in [0.15, 0.2) is 0 Å². The van der Waals surface area contributed by atoms with Gasteiger partial charge in [0, 0.05) is 29.9 Å². The molecule has 0 aliphatic carbocycles. The fourth-order valence-corrected chi connectivity index (χ4v) is 2.39. The standard InChI is InChI=1S/C18H22ClN3O3/c1-5-11(2)21-17-8-12(6-7-20-17)18(23)22-14-10-15(24-3)13(19)9-16(14)25-4/h6-11H,5H2,1-4H3,(H,20,21)(H,22,23). The molecule has 1 heterocycles. The second kappa shape index (κ2) is 8.58. The molecular weight excluding hydrogens is 342 g/mol. The van der Waals surface area contributed by atoms with E-state index in [1.165, 1.54) is 14.2 Å². The van der Waals surface area contributed by atoms with Crippen molar-refractivity contribution in [3.8, 4) is 11.5 Å². The van der Waals surface area contributed by atoms with Crippen LogP contribution >= 0.6 is 11.6 Å². The Labute approximate surface area is 152 Å². The largest absolute Gasteiger partial charge is 0.495 e. The van der Waals surface area contributed by atoms with Crippen LogP contribution in [0, 0.1) is 0 Å². The molecule has 0 spiro atoms. The quantitative estimate of drug-likeness (QED) is 0.770. The molecule has 1 aromatic carbocycles. The van der Waals surface area contributed by atoms with Gasteiger partial charge < -0.3 is 20.1 Å². The minimum absolute atomic E-state index is 0.270. The van der Waals surface area contributed by atoms with Crippen LogP contribution in [0.15, 0.2) is 30.5 Å². The lowest BCUT2D eigenvalue weighted by atomic mass is 10.2. The summed E-state index contributed by atoms with van der Waals surface area (Å²) in [6.07, 6.45) is 2.55. The highest BCUT2D eigenvalue weighted by molar-refractivity contribution is 6.32. The molecule has 0 fully saturated rings. The van der Waals surface area contributed by atoms with E-state index in [1.54, 1.807) is 30.5 Å².